The molecule has 0 spiro atoms. The van der Waals surface area contributed by atoms with E-state index in [0.717, 1.165) is 25.1 Å². The number of nitrogens with one attached hydrogen (secondary N) is 2. The number of nitrogens with zero attached hydrogens (tertiary/aromatic N) is 2. The molecular weight excluding hydrogens is 260 g/mol. The molecule has 0 aliphatic carbocycles. The standard InChI is InChI=1S/C13H18N4OS/c1-4-5-6-14-11-10-9(16-13(17-11)19-3)7-8(2)15-12(10)18/h7H,4-6H2,1-3H3,(H,15,18)(H,14,16,17). The maximum Gasteiger partial charge on any atom is 0.261 e. The van der Waals surface area contributed by atoms with E-state index in [4.69, 9.17) is 0 Å². The molecule has 0 radical (unpaired) electrons. The number of aryl methyl sites for hydroxylation is 1. The lowest BCUT2D eigenvalue weighted by atomic mass is 10.2. The summed E-state index contributed by atoms with van der Waals surface area (Å²) in [5.41, 5.74) is 1.36. The highest BCUT2D eigenvalue weighted by Crippen LogP contribution is 2.20. The average Bonchev–Trinajstić information content (AvgIpc) is 2.37. The molecule has 0 saturated heterocycles. The SMILES string of the molecule is CCCCNc1nc(SC)nc2cc(C)[nH]c(=O)c12. The number of aromatic nitrogens is 3. The van der Waals surface area contributed by atoms with E-state index in [1.165, 1.54) is 11.8 Å². The van der Waals surface area contributed by atoms with Crippen LogP contribution in [-0.2, 0) is 0 Å². The number of hydrogen-bond donors (Lipinski definition) is 2. The number of anilines is 1. The summed E-state index contributed by atoms with van der Waals surface area (Å²) in [6, 6.07) is 1.88. The first-order valence-corrected chi connectivity index (χ1v) is 7.57. The molecule has 102 valence electrons. The lowest BCUT2D eigenvalue weighted by molar-refractivity contribution is 0.828. The Labute approximate surface area is 116 Å². The molecule has 2 aromatic rings. The van der Waals surface area contributed by atoms with E-state index in [1.54, 1.807) is 0 Å². The van der Waals surface area contributed by atoms with Gasteiger partial charge in [-0.1, -0.05) is 25.1 Å². The van der Waals surface area contributed by atoms with Crippen molar-refractivity contribution in [2.24, 2.45) is 0 Å². The number of hydrogen-bond acceptors (Lipinski definition) is 5. The minimum absolute atomic E-state index is 0.137. The molecule has 0 aliphatic heterocycles. The van der Waals surface area contributed by atoms with Gasteiger partial charge in [0, 0.05) is 12.2 Å². The second kappa shape index (κ2) is 6.06. The molecule has 0 amide bonds. The van der Waals surface area contributed by atoms with Gasteiger partial charge in [0.25, 0.3) is 5.56 Å². The van der Waals surface area contributed by atoms with Crippen LogP contribution >= 0.6 is 11.8 Å². The van der Waals surface area contributed by atoms with Gasteiger partial charge in [-0.05, 0) is 25.7 Å². The lowest BCUT2D eigenvalue weighted by Gasteiger charge is -2.09. The first-order chi connectivity index (χ1) is 9.15. The number of aromatic amines is 1. The number of pyridine rings is 1. The third-order valence-corrected chi connectivity index (χ3v) is 3.36. The van der Waals surface area contributed by atoms with Crippen molar-refractivity contribution < 1.29 is 0 Å². The number of H-pyrrole nitrogens is 1. The van der Waals surface area contributed by atoms with Gasteiger partial charge in [0.2, 0.25) is 0 Å². The fourth-order valence-corrected chi connectivity index (χ4v) is 2.24. The van der Waals surface area contributed by atoms with Crippen LogP contribution in [0.5, 0.6) is 0 Å². The van der Waals surface area contributed by atoms with E-state index in [-0.39, 0.29) is 5.56 Å². The summed E-state index contributed by atoms with van der Waals surface area (Å²) in [5.74, 6) is 0.629. The molecule has 2 heterocycles. The van der Waals surface area contributed by atoms with E-state index in [1.807, 2.05) is 19.2 Å². The monoisotopic (exact) mass is 278 g/mol. The van der Waals surface area contributed by atoms with Gasteiger partial charge in [-0.15, -0.1) is 0 Å². The van der Waals surface area contributed by atoms with Gasteiger partial charge in [0.15, 0.2) is 5.16 Å². The Morgan fingerprint density at radius 2 is 2.21 bits per heavy atom. The summed E-state index contributed by atoms with van der Waals surface area (Å²) < 4.78 is 0. The molecule has 0 aliphatic rings. The largest absolute Gasteiger partial charge is 0.369 e. The van der Waals surface area contributed by atoms with Crippen LogP contribution in [0.25, 0.3) is 10.9 Å². The summed E-state index contributed by atoms with van der Waals surface area (Å²) in [5, 5.41) is 4.46. The molecule has 0 fully saturated rings. The molecule has 6 heteroatoms. The van der Waals surface area contributed by atoms with Gasteiger partial charge >= 0.3 is 0 Å². The fourth-order valence-electron chi connectivity index (χ4n) is 1.87. The summed E-state index contributed by atoms with van der Waals surface area (Å²) >= 11 is 1.47. The summed E-state index contributed by atoms with van der Waals surface area (Å²) in [7, 11) is 0. The maximum absolute atomic E-state index is 12.1. The average molecular weight is 278 g/mol. The Kier molecular flexibility index (Phi) is 4.42. The van der Waals surface area contributed by atoms with Gasteiger partial charge in [-0.3, -0.25) is 4.79 Å². The molecule has 19 heavy (non-hydrogen) atoms. The van der Waals surface area contributed by atoms with Crippen LogP contribution in [0.4, 0.5) is 5.82 Å². The van der Waals surface area contributed by atoms with Gasteiger partial charge in [0.05, 0.1) is 5.52 Å². The Hall–Kier alpha value is -1.56. The molecule has 2 N–H and O–H groups in total. The van der Waals surface area contributed by atoms with Gasteiger partial charge in [0.1, 0.15) is 11.2 Å². The Morgan fingerprint density at radius 3 is 2.89 bits per heavy atom. The highest BCUT2D eigenvalue weighted by Gasteiger charge is 2.11. The predicted octanol–water partition coefficient (Wildman–Crippen LogP) is 2.56. The first-order valence-electron chi connectivity index (χ1n) is 6.35. The zero-order valence-corrected chi connectivity index (χ0v) is 12.2. The third-order valence-electron chi connectivity index (χ3n) is 2.81. The lowest BCUT2D eigenvalue weighted by Crippen LogP contribution is -2.14. The molecule has 0 unspecified atom stereocenters. The number of thioether (sulfide) groups is 1. The molecule has 0 atom stereocenters. The quantitative estimate of drug-likeness (QED) is 0.499. The molecular formula is C13H18N4OS. The van der Waals surface area contributed by atoms with Gasteiger partial charge < -0.3 is 10.3 Å². The summed E-state index contributed by atoms with van der Waals surface area (Å²) in [4.78, 5) is 23.7. The van der Waals surface area contributed by atoms with Gasteiger partial charge in [-0.2, -0.15) is 0 Å². The van der Waals surface area contributed by atoms with Crippen molar-refractivity contribution in [1.82, 2.24) is 15.0 Å². The predicted molar refractivity (Wildman–Crippen MR) is 80.1 cm³/mol. The summed E-state index contributed by atoms with van der Waals surface area (Å²) in [6.45, 7) is 4.79. The van der Waals surface area contributed by atoms with Crippen LogP contribution in [-0.4, -0.2) is 27.8 Å². The van der Waals surface area contributed by atoms with E-state index >= 15 is 0 Å². The Morgan fingerprint density at radius 1 is 1.42 bits per heavy atom. The summed E-state index contributed by atoms with van der Waals surface area (Å²) in [6.07, 6.45) is 4.07. The molecule has 5 nitrogen and oxygen atoms in total. The second-order valence-corrected chi connectivity index (χ2v) is 5.15. The van der Waals surface area contributed by atoms with Crippen LogP contribution in [0, 0.1) is 6.92 Å². The number of rotatable bonds is 5. The van der Waals surface area contributed by atoms with Gasteiger partial charge in [-0.25, -0.2) is 9.97 Å². The highest BCUT2D eigenvalue weighted by atomic mass is 32.2. The van der Waals surface area contributed by atoms with E-state index in [9.17, 15) is 4.79 Å². The van der Waals surface area contributed by atoms with Crippen molar-refractivity contribution in [1.29, 1.82) is 0 Å². The number of fused-ring (bicyclic) bond motifs is 1. The Bertz CT molecular complexity index is 638. The normalized spacial score (nSPS) is 10.9. The fraction of sp³-hybridized carbons (Fsp3) is 0.462. The van der Waals surface area contributed by atoms with Crippen molar-refractivity contribution in [3.8, 4) is 0 Å². The zero-order valence-electron chi connectivity index (χ0n) is 11.4. The second-order valence-electron chi connectivity index (χ2n) is 4.38. The van der Waals surface area contributed by atoms with Crippen LogP contribution in [0.2, 0.25) is 0 Å². The molecule has 2 rings (SSSR count). The molecule has 2 aromatic heterocycles. The topological polar surface area (TPSA) is 70.7 Å². The van der Waals surface area contributed by atoms with Crippen molar-refractivity contribution in [3.05, 3.63) is 22.1 Å². The smallest absolute Gasteiger partial charge is 0.261 e. The van der Waals surface area contributed by atoms with E-state index in [2.05, 4.69) is 27.2 Å². The van der Waals surface area contributed by atoms with Crippen molar-refractivity contribution in [3.63, 3.8) is 0 Å². The zero-order chi connectivity index (χ0) is 13.8. The molecule has 0 saturated carbocycles. The van der Waals surface area contributed by atoms with Crippen LogP contribution < -0.4 is 10.9 Å². The maximum atomic E-state index is 12.1. The van der Waals surface area contributed by atoms with E-state index in [0.29, 0.717) is 21.9 Å². The first kappa shape index (κ1) is 13.9. The van der Waals surface area contributed by atoms with E-state index < -0.39 is 0 Å². The van der Waals surface area contributed by atoms with Crippen LogP contribution in [0.3, 0.4) is 0 Å². The Balaban J connectivity index is 2.55. The van der Waals surface area contributed by atoms with Crippen molar-refractivity contribution in [2.75, 3.05) is 18.1 Å². The van der Waals surface area contributed by atoms with Crippen molar-refractivity contribution >= 4 is 28.5 Å². The highest BCUT2D eigenvalue weighted by molar-refractivity contribution is 7.98. The minimum atomic E-state index is -0.137. The number of unbranched alkanes of at least 4 members (excludes halogenated alkanes) is 1. The van der Waals surface area contributed by atoms with Crippen LogP contribution in [0.1, 0.15) is 25.5 Å². The molecule has 0 bridgehead atoms. The minimum Gasteiger partial charge on any atom is -0.369 e. The van der Waals surface area contributed by atoms with Crippen molar-refractivity contribution in [2.45, 2.75) is 31.8 Å². The van der Waals surface area contributed by atoms with Crippen LogP contribution in [0.15, 0.2) is 16.0 Å². The molecule has 0 aromatic carbocycles. The third kappa shape index (κ3) is 3.07.